The molecule has 1 saturated heterocycles. The Kier molecular flexibility index (Phi) is 6.35. The second-order valence-corrected chi connectivity index (χ2v) is 9.62. The molecule has 1 heterocycles. The minimum absolute atomic E-state index is 0.109. The number of sulfonamides is 1. The molecule has 1 saturated carbocycles. The Morgan fingerprint density at radius 2 is 1.58 bits per heavy atom. The molecule has 1 N–H and O–H groups in total. The van der Waals surface area contributed by atoms with E-state index in [1.807, 2.05) is 0 Å². The summed E-state index contributed by atoms with van der Waals surface area (Å²) >= 11 is 0. The van der Waals surface area contributed by atoms with Crippen molar-refractivity contribution in [2.75, 3.05) is 13.1 Å². The van der Waals surface area contributed by atoms with Gasteiger partial charge in [0.15, 0.2) is 0 Å². The monoisotopic (exact) mass is 378 g/mol. The molecule has 3 rings (SSSR count). The first-order valence-corrected chi connectivity index (χ1v) is 11.3. The van der Waals surface area contributed by atoms with Crippen molar-refractivity contribution in [3.63, 3.8) is 0 Å². The molecule has 144 valence electrons. The Labute approximate surface area is 157 Å². The zero-order valence-electron chi connectivity index (χ0n) is 15.6. The average molecular weight is 379 g/mol. The van der Waals surface area contributed by atoms with Crippen LogP contribution in [0, 0.1) is 5.92 Å². The summed E-state index contributed by atoms with van der Waals surface area (Å²) in [5.41, 5.74) is 0.526. The molecule has 0 bridgehead atoms. The number of carbonyl (C=O) groups excluding carboxylic acids is 1. The molecule has 26 heavy (non-hydrogen) atoms. The van der Waals surface area contributed by atoms with Gasteiger partial charge in [-0.1, -0.05) is 32.6 Å². The molecular formula is C20H30N2O3S. The third-order valence-corrected chi connectivity index (χ3v) is 7.66. The normalized spacial score (nSPS) is 25.4. The first-order valence-electron chi connectivity index (χ1n) is 9.89. The van der Waals surface area contributed by atoms with E-state index in [4.69, 9.17) is 0 Å². The molecule has 1 aliphatic carbocycles. The van der Waals surface area contributed by atoms with Crippen molar-refractivity contribution in [2.45, 2.75) is 69.2 Å². The van der Waals surface area contributed by atoms with Crippen LogP contribution in [0.15, 0.2) is 29.2 Å². The number of benzene rings is 1. The third kappa shape index (κ3) is 4.46. The molecule has 0 radical (unpaired) electrons. The highest BCUT2D eigenvalue weighted by atomic mass is 32.2. The largest absolute Gasteiger partial charge is 0.349 e. The van der Waals surface area contributed by atoms with Gasteiger partial charge >= 0.3 is 0 Å². The lowest BCUT2D eigenvalue weighted by Crippen LogP contribution is -2.41. The first kappa shape index (κ1) is 19.4. The van der Waals surface area contributed by atoms with Crippen LogP contribution >= 0.6 is 0 Å². The zero-order chi connectivity index (χ0) is 18.6. The Morgan fingerprint density at radius 3 is 2.19 bits per heavy atom. The van der Waals surface area contributed by atoms with Crippen LogP contribution in [0.4, 0.5) is 0 Å². The fourth-order valence-electron chi connectivity index (χ4n) is 3.99. The van der Waals surface area contributed by atoms with Crippen molar-refractivity contribution in [3.8, 4) is 0 Å². The minimum atomic E-state index is -3.46. The van der Waals surface area contributed by atoms with Gasteiger partial charge in [0, 0.05) is 24.7 Å². The van der Waals surface area contributed by atoms with Crippen molar-refractivity contribution in [3.05, 3.63) is 29.8 Å². The number of nitrogens with zero attached hydrogens (tertiary/aromatic N) is 1. The van der Waals surface area contributed by atoms with E-state index in [-0.39, 0.29) is 16.8 Å². The molecule has 1 aromatic rings. The van der Waals surface area contributed by atoms with Crippen molar-refractivity contribution in [2.24, 2.45) is 5.92 Å². The summed E-state index contributed by atoms with van der Waals surface area (Å²) in [6, 6.07) is 6.62. The van der Waals surface area contributed by atoms with Crippen LogP contribution in [-0.2, 0) is 10.0 Å². The van der Waals surface area contributed by atoms with Gasteiger partial charge < -0.3 is 5.32 Å². The lowest BCUT2D eigenvalue weighted by atomic mass is 9.86. The fourth-order valence-corrected chi connectivity index (χ4v) is 5.51. The van der Waals surface area contributed by atoms with E-state index in [2.05, 4.69) is 12.2 Å². The van der Waals surface area contributed by atoms with E-state index in [1.165, 1.54) is 6.42 Å². The molecule has 5 nitrogen and oxygen atoms in total. The van der Waals surface area contributed by atoms with Crippen LogP contribution in [0.3, 0.4) is 0 Å². The van der Waals surface area contributed by atoms with Crippen LogP contribution in [0.25, 0.3) is 0 Å². The molecule has 1 aliphatic heterocycles. The predicted molar refractivity (Wildman–Crippen MR) is 103 cm³/mol. The minimum Gasteiger partial charge on any atom is -0.349 e. The molecule has 2 fully saturated rings. The van der Waals surface area contributed by atoms with Crippen LogP contribution in [-0.4, -0.2) is 37.8 Å². The van der Waals surface area contributed by atoms with Gasteiger partial charge in [-0.15, -0.1) is 0 Å². The number of rotatable bonds is 4. The quantitative estimate of drug-likeness (QED) is 0.871. The second kappa shape index (κ2) is 8.53. The van der Waals surface area contributed by atoms with E-state index >= 15 is 0 Å². The number of amides is 1. The van der Waals surface area contributed by atoms with E-state index < -0.39 is 10.0 Å². The van der Waals surface area contributed by atoms with Gasteiger partial charge in [0.05, 0.1) is 4.90 Å². The number of carbonyl (C=O) groups is 1. The maximum atomic E-state index is 12.8. The van der Waals surface area contributed by atoms with Gasteiger partial charge in [-0.05, 0) is 55.9 Å². The SMILES string of the molecule is C[C@@H]1CCCC[C@@H]1NC(=O)c1ccc(S(=O)(=O)N2CCCCCC2)cc1. The summed E-state index contributed by atoms with van der Waals surface area (Å²) in [6.07, 6.45) is 8.57. The van der Waals surface area contributed by atoms with Crippen LogP contribution < -0.4 is 5.32 Å². The Bertz CT molecular complexity index is 707. The molecule has 6 heteroatoms. The lowest BCUT2D eigenvalue weighted by Gasteiger charge is -2.29. The molecule has 2 aliphatic rings. The summed E-state index contributed by atoms with van der Waals surface area (Å²) in [4.78, 5) is 12.8. The van der Waals surface area contributed by atoms with Gasteiger partial charge in [-0.3, -0.25) is 4.79 Å². The van der Waals surface area contributed by atoms with Gasteiger partial charge in [0.1, 0.15) is 0 Å². The summed E-state index contributed by atoms with van der Waals surface area (Å²) < 4.78 is 27.2. The first-order chi connectivity index (χ1) is 12.5. The average Bonchev–Trinajstić information content (AvgIpc) is 2.94. The van der Waals surface area contributed by atoms with Crippen molar-refractivity contribution in [1.82, 2.24) is 9.62 Å². The highest BCUT2D eigenvalue weighted by molar-refractivity contribution is 7.89. The van der Waals surface area contributed by atoms with Gasteiger partial charge in [0.2, 0.25) is 10.0 Å². The third-order valence-electron chi connectivity index (χ3n) is 5.75. The van der Waals surface area contributed by atoms with E-state index in [9.17, 15) is 13.2 Å². The number of nitrogens with one attached hydrogen (secondary N) is 1. The van der Waals surface area contributed by atoms with Gasteiger partial charge in [-0.25, -0.2) is 8.42 Å². The highest BCUT2D eigenvalue weighted by Gasteiger charge is 2.26. The van der Waals surface area contributed by atoms with Crippen molar-refractivity contribution >= 4 is 15.9 Å². The molecule has 0 unspecified atom stereocenters. The van der Waals surface area contributed by atoms with E-state index in [1.54, 1.807) is 28.6 Å². The number of hydrogen-bond acceptors (Lipinski definition) is 3. The smallest absolute Gasteiger partial charge is 0.251 e. The van der Waals surface area contributed by atoms with Crippen LogP contribution in [0.2, 0.25) is 0 Å². The van der Waals surface area contributed by atoms with Crippen LogP contribution in [0.5, 0.6) is 0 Å². The molecule has 0 aromatic heterocycles. The second-order valence-electron chi connectivity index (χ2n) is 7.68. The highest BCUT2D eigenvalue weighted by Crippen LogP contribution is 2.24. The van der Waals surface area contributed by atoms with E-state index in [0.29, 0.717) is 24.6 Å². The molecule has 2 atom stereocenters. The molecular weight excluding hydrogens is 348 g/mol. The molecule has 0 spiro atoms. The predicted octanol–water partition coefficient (Wildman–Crippen LogP) is 3.56. The maximum absolute atomic E-state index is 12.8. The fraction of sp³-hybridized carbons (Fsp3) is 0.650. The number of hydrogen-bond donors (Lipinski definition) is 1. The van der Waals surface area contributed by atoms with E-state index in [0.717, 1.165) is 44.9 Å². The Hall–Kier alpha value is -1.40. The van der Waals surface area contributed by atoms with Crippen LogP contribution in [0.1, 0.15) is 68.6 Å². The standard InChI is InChI=1S/C20H30N2O3S/c1-16-8-4-5-9-19(16)21-20(23)17-10-12-18(13-11-17)26(24,25)22-14-6-2-3-7-15-22/h10-13,16,19H,2-9,14-15H2,1H3,(H,21,23)/t16-,19+/m1/s1. The van der Waals surface area contributed by atoms with Gasteiger partial charge in [-0.2, -0.15) is 4.31 Å². The molecule has 1 aromatic carbocycles. The zero-order valence-corrected chi connectivity index (χ0v) is 16.4. The maximum Gasteiger partial charge on any atom is 0.251 e. The van der Waals surface area contributed by atoms with Gasteiger partial charge in [0.25, 0.3) is 5.91 Å². The molecule has 1 amide bonds. The van der Waals surface area contributed by atoms with Crippen molar-refractivity contribution in [1.29, 1.82) is 0 Å². The summed E-state index contributed by atoms with van der Waals surface area (Å²) in [5, 5.41) is 3.12. The summed E-state index contributed by atoms with van der Waals surface area (Å²) in [6.45, 7) is 3.36. The lowest BCUT2D eigenvalue weighted by molar-refractivity contribution is 0.0910. The topological polar surface area (TPSA) is 66.5 Å². The Morgan fingerprint density at radius 1 is 0.962 bits per heavy atom. The van der Waals surface area contributed by atoms with Crippen molar-refractivity contribution < 1.29 is 13.2 Å². The summed E-state index contributed by atoms with van der Waals surface area (Å²) in [5.74, 6) is 0.387. The summed E-state index contributed by atoms with van der Waals surface area (Å²) in [7, 11) is -3.46. The Balaban J connectivity index is 1.68.